The number of rotatable bonds is 9. The molecule has 2 N–H and O–H groups in total. The largest absolute Gasteiger partial charge is 0.437 e. The summed E-state index contributed by atoms with van der Waals surface area (Å²) in [7, 11) is 4.18. The third-order valence-electron chi connectivity index (χ3n) is 7.99. The highest BCUT2D eigenvalue weighted by Crippen LogP contribution is 2.36. The number of hydrogen-bond donors (Lipinski definition) is 2. The van der Waals surface area contributed by atoms with Gasteiger partial charge in [0.25, 0.3) is 0 Å². The Bertz CT molecular complexity index is 1420. The molecule has 0 unspecified atom stereocenters. The van der Waals surface area contributed by atoms with E-state index >= 15 is 4.39 Å². The summed E-state index contributed by atoms with van der Waals surface area (Å²) >= 11 is 0. The summed E-state index contributed by atoms with van der Waals surface area (Å²) in [5.41, 5.74) is 2.93. The maximum Gasteiger partial charge on any atom is 0.247 e. The van der Waals surface area contributed by atoms with Crippen molar-refractivity contribution in [2.45, 2.75) is 45.1 Å². The average Bonchev–Trinajstić information content (AvgIpc) is 2.99. The molecule has 2 aliphatic rings. The SMILES string of the molecule is C=CC(=O)Nc1cc(Oc2nc(Nc3cnc(N4CCC(N(C)C)CC4)c(F)c3)ccc2N2CCCCC2)ccc1C. The normalized spacial score (nSPS) is 15.9. The van der Waals surface area contributed by atoms with Gasteiger partial charge in [-0.15, -0.1) is 0 Å². The van der Waals surface area contributed by atoms with Crippen molar-refractivity contribution in [1.82, 2.24) is 14.9 Å². The molecule has 0 bridgehead atoms. The zero-order valence-electron chi connectivity index (χ0n) is 24.7. The zero-order chi connectivity index (χ0) is 29.6. The first-order chi connectivity index (χ1) is 20.3. The minimum Gasteiger partial charge on any atom is -0.437 e. The lowest BCUT2D eigenvalue weighted by atomic mass is 10.0. The standard InChI is InChI=1S/C32H40FN7O2/c1-5-30(41)36-27-20-25(10-9-22(27)2)42-32-28(39-15-7-6-8-16-39)11-12-29(37-32)35-23-19-26(33)31(34-21-23)40-17-13-24(14-18-40)38(3)4/h5,9-12,19-21,24H,1,6-8,13-18H2,2-4H3,(H,35,37)(H,36,41). The third-order valence-corrected chi connectivity index (χ3v) is 7.99. The minimum atomic E-state index is -0.363. The number of benzene rings is 1. The summed E-state index contributed by atoms with van der Waals surface area (Å²) in [6.45, 7) is 8.83. The lowest BCUT2D eigenvalue weighted by Crippen LogP contribution is -2.42. The highest BCUT2D eigenvalue weighted by molar-refractivity contribution is 5.99. The summed E-state index contributed by atoms with van der Waals surface area (Å²) in [4.78, 5) is 27.7. The van der Waals surface area contributed by atoms with E-state index in [1.807, 2.05) is 36.1 Å². The Hall–Kier alpha value is -4.18. The molecule has 1 aromatic carbocycles. The van der Waals surface area contributed by atoms with Crippen LogP contribution in [0.2, 0.25) is 0 Å². The molecule has 1 amide bonds. The van der Waals surface area contributed by atoms with Gasteiger partial charge in [0, 0.05) is 50.0 Å². The highest BCUT2D eigenvalue weighted by Gasteiger charge is 2.24. The van der Waals surface area contributed by atoms with Crippen LogP contribution in [0.4, 0.5) is 33.1 Å². The molecule has 5 rings (SSSR count). The maximum atomic E-state index is 15.2. The molecular weight excluding hydrogens is 533 g/mol. The molecule has 0 atom stereocenters. The van der Waals surface area contributed by atoms with E-state index in [0.29, 0.717) is 40.7 Å². The summed E-state index contributed by atoms with van der Waals surface area (Å²) in [5, 5.41) is 6.02. The molecule has 4 heterocycles. The van der Waals surface area contributed by atoms with Crippen molar-refractivity contribution < 1.29 is 13.9 Å². The highest BCUT2D eigenvalue weighted by atomic mass is 19.1. The van der Waals surface area contributed by atoms with Gasteiger partial charge in [-0.05, 0) is 83.0 Å². The Morgan fingerprint density at radius 2 is 1.83 bits per heavy atom. The summed E-state index contributed by atoms with van der Waals surface area (Å²) in [5.74, 6) is 1.21. The van der Waals surface area contributed by atoms with Crippen molar-refractivity contribution in [3.05, 3.63) is 66.6 Å². The lowest BCUT2D eigenvalue weighted by Gasteiger charge is -2.35. The van der Waals surface area contributed by atoms with Crippen LogP contribution in [0.1, 0.15) is 37.7 Å². The van der Waals surface area contributed by atoms with Crippen LogP contribution in [0.5, 0.6) is 11.6 Å². The number of nitrogens with zero attached hydrogens (tertiary/aromatic N) is 5. The van der Waals surface area contributed by atoms with Crippen molar-refractivity contribution in [3.63, 3.8) is 0 Å². The number of aromatic nitrogens is 2. The van der Waals surface area contributed by atoms with Gasteiger partial charge in [0.05, 0.1) is 11.9 Å². The second-order valence-electron chi connectivity index (χ2n) is 11.2. The van der Waals surface area contributed by atoms with Crippen LogP contribution in [-0.2, 0) is 4.79 Å². The fraction of sp³-hybridized carbons (Fsp3) is 0.406. The van der Waals surface area contributed by atoms with E-state index < -0.39 is 0 Å². The number of hydrogen-bond acceptors (Lipinski definition) is 8. The Morgan fingerprint density at radius 3 is 2.52 bits per heavy atom. The van der Waals surface area contributed by atoms with Crippen molar-refractivity contribution in [1.29, 1.82) is 0 Å². The van der Waals surface area contributed by atoms with E-state index in [1.165, 1.54) is 18.6 Å². The second kappa shape index (κ2) is 13.2. The number of piperidine rings is 2. The lowest BCUT2D eigenvalue weighted by molar-refractivity contribution is -0.111. The zero-order valence-corrected chi connectivity index (χ0v) is 24.7. The van der Waals surface area contributed by atoms with Crippen LogP contribution in [0, 0.1) is 12.7 Å². The molecule has 0 saturated carbocycles. The molecule has 42 heavy (non-hydrogen) atoms. The number of aryl methyl sites for hydroxylation is 1. The van der Waals surface area contributed by atoms with E-state index in [-0.39, 0.29) is 11.7 Å². The Kier molecular flexibility index (Phi) is 9.22. The topological polar surface area (TPSA) is 85.9 Å². The molecule has 2 aliphatic heterocycles. The molecule has 0 aliphatic carbocycles. The predicted molar refractivity (Wildman–Crippen MR) is 167 cm³/mol. The molecule has 222 valence electrons. The van der Waals surface area contributed by atoms with Crippen LogP contribution < -0.4 is 25.2 Å². The molecule has 2 saturated heterocycles. The first-order valence-corrected chi connectivity index (χ1v) is 14.6. The summed E-state index contributed by atoms with van der Waals surface area (Å²) in [6, 6.07) is 11.3. The van der Waals surface area contributed by atoms with Gasteiger partial charge in [-0.2, -0.15) is 4.98 Å². The van der Waals surface area contributed by atoms with Gasteiger partial charge in [-0.3, -0.25) is 4.79 Å². The van der Waals surface area contributed by atoms with Crippen LogP contribution in [-0.4, -0.2) is 67.1 Å². The predicted octanol–water partition coefficient (Wildman–Crippen LogP) is 6.11. The number of nitrogens with one attached hydrogen (secondary N) is 2. The molecule has 10 heteroatoms. The number of halogens is 1. The fourth-order valence-electron chi connectivity index (χ4n) is 5.52. The smallest absolute Gasteiger partial charge is 0.247 e. The number of pyridine rings is 2. The van der Waals surface area contributed by atoms with Gasteiger partial charge >= 0.3 is 0 Å². The molecule has 0 spiro atoms. The van der Waals surface area contributed by atoms with Crippen molar-refractivity contribution in [3.8, 4) is 11.6 Å². The van der Waals surface area contributed by atoms with Gasteiger partial charge in [0.2, 0.25) is 11.8 Å². The number of carbonyl (C=O) groups is 1. The fourth-order valence-corrected chi connectivity index (χ4v) is 5.52. The number of ether oxygens (including phenoxy) is 1. The van der Waals surface area contributed by atoms with E-state index in [1.54, 1.807) is 12.3 Å². The molecule has 2 fully saturated rings. The first kappa shape index (κ1) is 29.3. The van der Waals surface area contributed by atoms with E-state index in [2.05, 4.69) is 46.1 Å². The average molecular weight is 574 g/mol. The Labute approximate surface area is 247 Å². The quantitative estimate of drug-likeness (QED) is 0.297. The van der Waals surface area contributed by atoms with Crippen molar-refractivity contribution in [2.75, 3.05) is 60.7 Å². The Balaban J connectivity index is 1.37. The van der Waals surface area contributed by atoms with Crippen molar-refractivity contribution in [2.24, 2.45) is 0 Å². The van der Waals surface area contributed by atoms with Crippen molar-refractivity contribution >= 4 is 34.6 Å². The van der Waals surface area contributed by atoms with Crippen LogP contribution in [0.15, 0.2) is 55.3 Å². The maximum absolute atomic E-state index is 15.2. The van der Waals surface area contributed by atoms with Gasteiger partial charge < -0.3 is 30.1 Å². The van der Waals surface area contributed by atoms with Crippen LogP contribution in [0.3, 0.4) is 0 Å². The van der Waals surface area contributed by atoms with E-state index in [9.17, 15) is 4.79 Å². The molecule has 3 aromatic rings. The van der Waals surface area contributed by atoms with Crippen LogP contribution in [0.25, 0.3) is 0 Å². The summed E-state index contributed by atoms with van der Waals surface area (Å²) < 4.78 is 21.5. The molecule has 2 aromatic heterocycles. The monoisotopic (exact) mass is 573 g/mol. The summed E-state index contributed by atoms with van der Waals surface area (Å²) in [6.07, 6.45) is 8.24. The first-order valence-electron chi connectivity index (χ1n) is 14.6. The number of carbonyl (C=O) groups excluding carboxylic acids is 1. The molecular formula is C32H40FN7O2. The molecule has 0 radical (unpaired) electrons. The number of anilines is 5. The molecule has 9 nitrogen and oxygen atoms in total. The Morgan fingerprint density at radius 1 is 1.07 bits per heavy atom. The third kappa shape index (κ3) is 6.99. The second-order valence-corrected chi connectivity index (χ2v) is 11.2. The van der Waals surface area contributed by atoms with Gasteiger partial charge in [-0.25, -0.2) is 9.37 Å². The van der Waals surface area contributed by atoms with Gasteiger partial charge in [0.1, 0.15) is 17.3 Å². The van der Waals surface area contributed by atoms with E-state index in [4.69, 9.17) is 9.72 Å². The van der Waals surface area contributed by atoms with Gasteiger partial charge in [0.15, 0.2) is 11.6 Å². The number of amides is 1. The minimum absolute atomic E-state index is 0.293. The van der Waals surface area contributed by atoms with E-state index in [0.717, 1.165) is 63.1 Å². The van der Waals surface area contributed by atoms with Crippen LogP contribution >= 0.6 is 0 Å². The van der Waals surface area contributed by atoms with Gasteiger partial charge in [-0.1, -0.05) is 12.6 Å².